The van der Waals surface area contributed by atoms with Crippen LogP contribution in [-0.2, 0) is 22.5 Å². The maximum absolute atomic E-state index is 11.6. The Labute approximate surface area is 118 Å². The number of hydrogen-bond acceptors (Lipinski definition) is 5. The van der Waals surface area contributed by atoms with E-state index in [-0.39, 0.29) is 0 Å². The predicted molar refractivity (Wildman–Crippen MR) is 71.2 cm³/mol. The largest absolute Gasteiger partial charge is 0.481 e. The van der Waals surface area contributed by atoms with Crippen LogP contribution in [0.3, 0.4) is 0 Å². The summed E-state index contributed by atoms with van der Waals surface area (Å²) in [6.45, 7) is 3.45. The van der Waals surface area contributed by atoms with Crippen LogP contribution in [0.1, 0.15) is 44.9 Å². The zero-order valence-electron chi connectivity index (χ0n) is 11.9. The zero-order valence-corrected chi connectivity index (χ0v) is 11.9. The first-order valence-electron chi connectivity index (χ1n) is 7.24. The van der Waals surface area contributed by atoms with Gasteiger partial charge < -0.3 is 9.84 Å². The van der Waals surface area contributed by atoms with Crippen molar-refractivity contribution >= 4 is 5.97 Å². The zero-order chi connectivity index (χ0) is 14.4. The van der Waals surface area contributed by atoms with E-state index in [2.05, 4.69) is 22.4 Å². The molecule has 0 saturated carbocycles. The van der Waals surface area contributed by atoms with Gasteiger partial charge in [-0.15, -0.1) is 5.10 Å². The Hall–Kier alpha value is -1.50. The van der Waals surface area contributed by atoms with Gasteiger partial charge >= 0.3 is 5.97 Å². The molecule has 1 aliphatic heterocycles. The highest BCUT2D eigenvalue weighted by atomic mass is 16.5. The molecule has 0 spiro atoms. The number of tetrazole rings is 1. The molecule has 0 atom stereocenters. The number of aromatic nitrogens is 4. The van der Waals surface area contributed by atoms with E-state index in [0.717, 1.165) is 31.5 Å². The standard InChI is InChI=1S/C13H22N4O3/c1-2-3-4-5-11-14-15-16-17(11)10-13(12(18)19)6-8-20-9-7-13/h2-10H2,1H3,(H,18,19). The second kappa shape index (κ2) is 6.78. The highest BCUT2D eigenvalue weighted by Gasteiger charge is 2.41. The summed E-state index contributed by atoms with van der Waals surface area (Å²) in [6.07, 6.45) is 5.11. The van der Waals surface area contributed by atoms with Crippen molar-refractivity contribution in [2.24, 2.45) is 5.41 Å². The van der Waals surface area contributed by atoms with Gasteiger partial charge in [-0.25, -0.2) is 4.68 Å². The molecule has 20 heavy (non-hydrogen) atoms. The lowest BCUT2D eigenvalue weighted by atomic mass is 9.80. The molecule has 112 valence electrons. The number of aliphatic carboxylic acids is 1. The third kappa shape index (κ3) is 3.33. The molecule has 1 aliphatic rings. The average molecular weight is 282 g/mol. The number of unbranched alkanes of at least 4 members (excludes halogenated alkanes) is 2. The number of rotatable bonds is 7. The molecule has 0 radical (unpaired) electrons. The van der Waals surface area contributed by atoms with Crippen molar-refractivity contribution < 1.29 is 14.6 Å². The lowest BCUT2D eigenvalue weighted by molar-refractivity contribution is -0.156. The van der Waals surface area contributed by atoms with Gasteiger partial charge in [-0.2, -0.15) is 0 Å². The molecule has 1 N–H and O–H groups in total. The summed E-state index contributed by atoms with van der Waals surface area (Å²) < 4.78 is 6.94. The quantitative estimate of drug-likeness (QED) is 0.758. The molecule has 7 nitrogen and oxygen atoms in total. The Morgan fingerprint density at radius 3 is 2.80 bits per heavy atom. The number of carbonyl (C=O) groups is 1. The molecule has 7 heteroatoms. The summed E-state index contributed by atoms with van der Waals surface area (Å²) in [4.78, 5) is 11.6. The maximum Gasteiger partial charge on any atom is 0.311 e. The van der Waals surface area contributed by atoms with Crippen LogP contribution in [0.5, 0.6) is 0 Å². The molecule has 0 bridgehead atoms. The van der Waals surface area contributed by atoms with E-state index in [1.165, 1.54) is 0 Å². The minimum absolute atomic E-state index is 0.333. The Morgan fingerprint density at radius 2 is 2.15 bits per heavy atom. The first kappa shape index (κ1) is 14.9. The molecule has 0 amide bonds. The number of carboxylic acid groups (broad SMARTS) is 1. The second-order valence-corrected chi connectivity index (χ2v) is 5.41. The minimum Gasteiger partial charge on any atom is -0.481 e. The van der Waals surface area contributed by atoms with Gasteiger partial charge in [0, 0.05) is 19.6 Å². The van der Waals surface area contributed by atoms with E-state index in [1.54, 1.807) is 4.68 Å². The van der Waals surface area contributed by atoms with Gasteiger partial charge in [0.15, 0.2) is 5.82 Å². The van der Waals surface area contributed by atoms with E-state index in [1.807, 2.05) is 0 Å². The summed E-state index contributed by atoms with van der Waals surface area (Å²) >= 11 is 0. The van der Waals surface area contributed by atoms with Gasteiger partial charge in [0.2, 0.25) is 0 Å². The van der Waals surface area contributed by atoms with Crippen LogP contribution >= 0.6 is 0 Å². The fourth-order valence-corrected chi connectivity index (χ4v) is 2.55. The Bertz CT molecular complexity index is 441. The first-order valence-corrected chi connectivity index (χ1v) is 7.24. The smallest absolute Gasteiger partial charge is 0.311 e. The summed E-state index contributed by atoms with van der Waals surface area (Å²) in [5.74, 6) is 0.00127. The van der Waals surface area contributed by atoms with Crippen molar-refractivity contribution in [2.45, 2.75) is 52.0 Å². The Kier molecular flexibility index (Phi) is 5.05. The number of carboxylic acids is 1. The summed E-state index contributed by atoms with van der Waals surface area (Å²) in [6, 6.07) is 0. The van der Waals surface area contributed by atoms with Crippen LogP contribution < -0.4 is 0 Å². The maximum atomic E-state index is 11.6. The van der Waals surface area contributed by atoms with Gasteiger partial charge in [-0.1, -0.05) is 19.8 Å². The highest BCUT2D eigenvalue weighted by molar-refractivity contribution is 5.74. The van der Waals surface area contributed by atoms with Gasteiger partial charge in [0.1, 0.15) is 0 Å². The van der Waals surface area contributed by atoms with Gasteiger partial charge in [0.05, 0.1) is 12.0 Å². The SMILES string of the molecule is CCCCCc1nnnn1CC1(C(=O)O)CCOCC1. The Morgan fingerprint density at radius 1 is 1.40 bits per heavy atom. The first-order chi connectivity index (χ1) is 9.68. The van der Waals surface area contributed by atoms with Crippen LogP contribution in [0.25, 0.3) is 0 Å². The Balaban J connectivity index is 2.07. The molecule has 1 aromatic rings. The number of hydrogen-bond donors (Lipinski definition) is 1. The molecule has 1 aromatic heterocycles. The van der Waals surface area contributed by atoms with E-state index < -0.39 is 11.4 Å². The van der Waals surface area contributed by atoms with Crippen molar-refractivity contribution in [2.75, 3.05) is 13.2 Å². The van der Waals surface area contributed by atoms with Crippen molar-refractivity contribution in [1.82, 2.24) is 20.2 Å². The van der Waals surface area contributed by atoms with E-state index in [9.17, 15) is 9.90 Å². The van der Waals surface area contributed by atoms with E-state index in [0.29, 0.717) is 32.6 Å². The third-order valence-corrected chi connectivity index (χ3v) is 3.97. The van der Waals surface area contributed by atoms with Crippen LogP contribution in [0.2, 0.25) is 0 Å². The fourth-order valence-electron chi connectivity index (χ4n) is 2.55. The normalized spacial score (nSPS) is 18.1. The molecule has 0 aromatic carbocycles. The lowest BCUT2D eigenvalue weighted by Crippen LogP contribution is -2.41. The van der Waals surface area contributed by atoms with Crippen molar-refractivity contribution in [3.63, 3.8) is 0 Å². The number of nitrogens with zero attached hydrogens (tertiary/aromatic N) is 4. The molecule has 2 heterocycles. The molecule has 1 fully saturated rings. The van der Waals surface area contributed by atoms with Crippen LogP contribution in [-0.4, -0.2) is 44.5 Å². The molecular weight excluding hydrogens is 260 g/mol. The van der Waals surface area contributed by atoms with Crippen LogP contribution in [0.4, 0.5) is 0 Å². The van der Waals surface area contributed by atoms with Crippen molar-refractivity contribution in [1.29, 1.82) is 0 Å². The van der Waals surface area contributed by atoms with Gasteiger partial charge in [-0.3, -0.25) is 4.79 Å². The lowest BCUT2D eigenvalue weighted by Gasteiger charge is -2.32. The van der Waals surface area contributed by atoms with Crippen molar-refractivity contribution in [3.8, 4) is 0 Å². The third-order valence-electron chi connectivity index (χ3n) is 3.97. The molecular formula is C13H22N4O3. The predicted octanol–water partition coefficient (Wildman–Crippen LogP) is 1.29. The summed E-state index contributed by atoms with van der Waals surface area (Å²) in [5.41, 5.74) is -0.798. The topological polar surface area (TPSA) is 90.1 Å². The number of aryl methyl sites for hydroxylation is 1. The fraction of sp³-hybridized carbons (Fsp3) is 0.846. The second-order valence-electron chi connectivity index (χ2n) is 5.41. The molecule has 0 unspecified atom stereocenters. The molecule has 0 aliphatic carbocycles. The average Bonchev–Trinajstić information content (AvgIpc) is 2.87. The van der Waals surface area contributed by atoms with Crippen LogP contribution in [0.15, 0.2) is 0 Å². The summed E-state index contributed by atoms with van der Waals surface area (Å²) in [5, 5.41) is 21.2. The molecule has 2 rings (SSSR count). The highest BCUT2D eigenvalue weighted by Crippen LogP contribution is 2.32. The van der Waals surface area contributed by atoms with E-state index in [4.69, 9.17) is 4.74 Å². The van der Waals surface area contributed by atoms with Gasteiger partial charge in [0.25, 0.3) is 0 Å². The summed E-state index contributed by atoms with van der Waals surface area (Å²) in [7, 11) is 0. The van der Waals surface area contributed by atoms with Crippen molar-refractivity contribution in [3.05, 3.63) is 5.82 Å². The minimum atomic E-state index is -0.798. The van der Waals surface area contributed by atoms with Crippen LogP contribution in [0, 0.1) is 5.41 Å². The monoisotopic (exact) mass is 282 g/mol. The number of ether oxygens (including phenoxy) is 1. The molecule has 1 saturated heterocycles. The van der Waals surface area contributed by atoms with E-state index >= 15 is 0 Å². The van der Waals surface area contributed by atoms with Gasteiger partial charge in [-0.05, 0) is 29.7 Å².